The quantitative estimate of drug-likeness (QED) is 0.722. The maximum absolute atomic E-state index is 11.6. The minimum Gasteiger partial charge on any atom is -0.481 e. The van der Waals surface area contributed by atoms with Crippen molar-refractivity contribution >= 4 is 11.9 Å². The van der Waals surface area contributed by atoms with Gasteiger partial charge in [-0.2, -0.15) is 0 Å². The molecule has 0 bridgehead atoms. The highest BCUT2D eigenvalue weighted by atomic mass is 16.4. The van der Waals surface area contributed by atoms with Gasteiger partial charge in [0, 0.05) is 26.4 Å². The SMILES string of the molecule is CN(CCC1CCC1)C(=O)CCCC(=O)O. The van der Waals surface area contributed by atoms with Crippen molar-refractivity contribution in [2.24, 2.45) is 5.92 Å². The lowest BCUT2D eigenvalue weighted by Gasteiger charge is -2.27. The fraction of sp³-hybridized carbons (Fsp3) is 0.833. The molecular weight excluding hydrogens is 206 g/mol. The Balaban J connectivity index is 2.06. The lowest BCUT2D eigenvalue weighted by Crippen LogP contribution is -2.29. The lowest BCUT2D eigenvalue weighted by atomic mass is 9.83. The van der Waals surface area contributed by atoms with Crippen LogP contribution >= 0.6 is 0 Å². The summed E-state index contributed by atoms with van der Waals surface area (Å²) < 4.78 is 0. The smallest absolute Gasteiger partial charge is 0.303 e. The number of hydrogen-bond donors (Lipinski definition) is 1. The van der Waals surface area contributed by atoms with Crippen molar-refractivity contribution in [2.75, 3.05) is 13.6 Å². The number of carbonyl (C=O) groups excluding carboxylic acids is 1. The van der Waals surface area contributed by atoms with Gasteiger partial charge in [-0.05, 0) is 18.8 Å². The van der Waals surface area contributed by atoms with E-state index in [1.54, 1.807) is 4.90 Å². The molecule has 0 radical (unpaired) electrons. The lowest BCUT2D eigenvalue weighted by molar-refractivity contribution is -0.137. The van der Waals surface area contributed by atoms with Gasteiger partial charge in [0.25, 0.3) is 0 Å². The summed E-state index contributed by atoms with van der Waals surface area (Å²) in [5.41, 5.74) is 0. The van der Waals surface area contributed by atoms with Gasteiger partial charge in [0.2, 0.25) is 5.91 Å². The molecular formula is C12H21NO3. The summed E-state index contributed by atoms with van der Waals surface area (Å²) in [6.45, 7) is 0.816. The molecule has 0 aromatic carbocycles. The first-order valence-electron chi connectivity index (χ1n) is 6.05. The van der Waals surface area contributed by atoms with E-state index in [1.165, 1.54) is 19.3 Å². The Morgan fingerprint density at radius 2 is 2.00 bits per heavy atom. The van der Waals surface area contributed by atoms with Gasteiger partial charge in [0.15, 0.2) is 0 Å². The molecule has 1 amide bonds. The molecule has 4 nitrogen and oxygen atoms in total. The second-order valence-electron chi connectivity index (χ2n) is 4.65. The molecule has 0 saturated heterocycles. The van der Waals surface area contributed by atoms with Gasteiger partial charge in [-0.1, -0.05) is 19.3 Å². The zero-order valence-electron chi connectivity index (χ0n) is 9.95. The summed E-state index contributed by atoms with van der Waals surface area (Å²) in [6, 6.07) is 0. The number of nitrogens with zero attached hydrogens (tertiary/aromatic N) is 1. The summed E-state index contributed by atoms with van der Waals surface area (Å²) in [4.78, 5) is 23.6. The zero-order chi connectivity index (χ0) is 12.0. The second kappa shape index (κ2) is 6.51. The first kappa shape index (κ1) is 13.0. The molecule has 0 unspecified atom stereocenters. The van der Waals surface area contributed by atoms with Gasteiger partial charge >= 0.3 is 5.97 Å². The summed E-state index contributed by atoms with van der Waals surface area (Å²) in [5.74, 6) is 0.0553. The molecule has 4 heteroatoms. The first-order chi connectivity index (χ1) is 7.59. The molecule has 0 atom stereocenters. The third-order valence-electron chi connectivity index (χ3n) is 3.30. The molecule has 92 valence electrons. The summed E-state index contributed by atoms with van der Waals surface area (Å²) in [6.07, 6.45) is 5.93. The fourth-order valence-corrected chi connectivity index (χ4v) is 1.86. The Kier molecular flexibility index (Phi) is 5.29. The predicted molar refractivity (Wildman–Crippen MR) is 61.1 cm³/mol. The van der Waals surface area contributed by atoms with Crippen LogP contribution in [0.5, 0.6) is 0 Å². The van der Waals surface area contributed by atoms with E-state index in [0.717, 1.165) is 18.9 Å². The largest absolute Gasteiger partial charge is 0.481 e. The van der Waals surface area contributed by atoms with Crippen LogP contribution in [0.25, 0.3) is 0 Å². The topological polar surface area (TPSA) is 57.6 Å². The molecule has 1 rings (SSSR count). The van der Waals surface area contributed by atoms with Gasteiger partial charge in [-0.15, -0.1) is 0 Å². The van der Waals surface area contributed by atoms with Crippen molar-refractivity contribution < 1.29 is 14.7 Å². The monoisotopic (exact) mass is 227 g/mol. The minimum atomic E-state index is -0.829. The van der Waals surface area contributed by atoms with Gasteiger partial charge in [-0.25, -0.2) is 0 Å². The van der Waals surface area contributed by atoms with Crippen LogP contribution in [0.4, 0.5) is 0 Å². The third-order valence-corrected chi connectivity index (χ3v) is 3.30. The molecule has 0 aromatic heterocycles. The van der Waals surface area contributed by atoms with Gasteiger partial charge in [-0.3, -0.25) is 9.59 Å². The molecule has 0 heterocycles. The zero-order valence-corrected chi connectivity index (χ0v) is 9.95. The van der Waals surface area contributed by atoms with E-state index in [0.29, 0.717) is 12.8 Å². The van der Waals surface area contributed by atoms with Gasteiger partial charge in [0.1, 0.15) is 0 Å². The summed E-state index contributed by atoms with van der Waals surface area (Å²) in [7, 11) is 1.81. The Morgan fingerprint density at radius 1 is 1.31 bits per heavy atom. The number of carboxylic acid groups (broad SMARTS) is 1. The van der Waals surface area contributed by atoms with E-state index in [9.17, 15) is 9.59 Å². The maximum Gasteiger partial charge on any atom is 0.303 e. The maximum atomic E-state index is 11.6. The number of carbonyl (C=O) groups is 2. The van der Waals surface area contributed by atoms with E-state index in [2.05, 4.69) is 0 Å². The Hall–Kier alpha value is -1.06. The van der Waals surface area contributed by atoms with E-state index < -0.39 is 5.97 Å². The van der Waals surface area contributed by atoms with Crippen molar-refractivity contribution in [2.45, 2.75) is 44.9 Å². The van der Waals surface area contributed by atoms with Crippen molar-refractivity contribution in [3.8, 4) is 0 Å². The molecule has 1 aliphatic rings. The van der Waals surface area contributed by atoms with E-state index in [4.69, 9.17) is 5.11 Å². The molecule has 0 aliphatic heterocycles. The molecule has 1 aliphatic carbocycles. The number of rotatable bonds is 7. The van der Waals surface area contributed by atoms with Crippen LogP contribution in [-0.2, 0) is 9.59 Å². The number of carboxylic acids is 1. The minimum absolute atomic E-state index is 0.0700. The van der Waals surface area contributed by atoms with Crippen molar-refractivity contribution in [3.05, 3.63) is 0 Å². The second-order valence-corrected chi connectivity index (χ2v) is 4.65. The number of amides is 1. The van der Waals surface area contributed by atoms with E-state index in [1.807, 2.05) is 7.05 Å². The molecule has 0 spiro atoms. The molecule has 0 aromatic rings. The fourth-order valence-electron chi connectivity index (χ4n) is 1.86. The van der Waals surface area contributed by atoms with Crippen LogP contribution in [0.15, 0.2) is 0 Å². The number of hydrogen-bond acceptors (Lipinski definition) is 2. The highest BCUT2D eigenvalue weighted by molar-refractivity contribution is 5.76. The normalized spacial score (nSPS) is 15.6. The van der Waals surface area contributed by atoms with E-state index in [-0.39, 0.29) is 12.3 Å². The van der Waals surface area contributed by atoms with E-state index >= 15 is 0 Å². The Bertz CT molecular complexity index is 249. The van der Waals surface area contributed by atoms with Crippen molar-refractivity contribution in [1.29, 1.82) is 0 Å². The summed E-state index contributed by atoms with van der Waals surface area (Å²) in [5, 5.41) is 8.46. The third kappa shape index (κ3) is 4.64. The van der Waals surface area contributed by atoms with Gasteiger partial charge < -0.3 is 10.0 Å². The molecule has 1 N–H and O–H groups in total. The molecule has 16 heavy (non-hydrogen) atoms. The predicted octanol–water partition coefficient (Wildman–Crippen LogP) is 1.89. The van der Waals surface area contributed by atoms with Crippen LogP contribution in [-0.4, -0.2) is 35.5 Å². The Morgan fingerprint density at radius 3 is 2.50 bits per heavy atom. The Labute approximate surface area is 96.6 Å². The molecule has 1 saturated carbocycles. The number of aliphatic carboxylic acids is 1. The average Bonchev–Trinajstić information content (AvgIpc) is 2.14. The highest BCUT2D eigenvalue weighted by Crippen LogP contribution is 2.29. The van der Waals surface area contributed by atoms with Crippen LogP contribution in [0.3, 0.4) is 0 Å². The van der Waals surface area contributed by atoms with Crippen molar-refractivity contribution in [3.63, 3.8) is 0 Å². The van der Waals surface area contributed by atoms with Crippen LogP contribution in [0, 0.1) is 5.92 Å². The van der Waals surface area contributed by atoms with Crippen molar-refractivity contribution in [1.82, 2.24) is 4.90 Å². The molecule has 1 fully saturated rings. The highest BCUT2D eigenvalue weighted by Gasteiger charge is 2.18. The standard InChI is InChI=1S/C12H21NO3/c1-13(9-8-10-4-2-5-10)11(14)6-3-7-12(15)16/h10H,2-9H2,1H3,(H,15,16). The van der Waals surface area contributed by atoms with Crippen LogP contribution < -0.4 is 0 Å². The van der Waals surface area contributed by atoms with Crippen LogP contribution in [0.1, 0.15) is 44.9 Å². The van der Waals surface area contributed by atoms with Gasteiger partial charge in [0.05, 0.1) is 0 Å². The van der Waals surface area contributed by atoms with Crippen LogP contribution in [0.2, 0.25) is 0 Å². The summed E-state index contributed by atoms with van der Waals surface area (Å²) >= 11 is 0. The first-order valence-corrected chi connectivity index (χ1v) is 6.05. The average molecular weight is 227 g/mol.